The molecule has 1 aromatic carbocycles. The Bertz CT molecular complexity index is 347. The molecule has 0 unspecified atom stereocenters. The summed E-state index contributed by atoms with van der Waals surface area (Å²) in [6.45, 7) is 2.01. The molecule has 0 spiro atoms. The summed E-state index contributed by atoms with van der Waals surface area (Å²) in [4.78, 5) is 0. The van der Waals surface area contributed by atoms with Crippen LogP contribution in [0.1, 0.15) is 11.1 Å². The zero-order chi connectivity index (χ0) is 10.8. The lowest BCUT2D eigenvalue weighted by Gasteiger charge is -2.14. The monoisotopic (exact) mass is 202 g/mol. The second-order valence-corrected chi connectivity index (χ2v) is 2.84. The molecule has 0 fully saturated rings. The van der Waals surface area contributed by atoms with Crippen molar-refractivity contribution < 1.29 is 18.3 Å². The van der Waals surface area contributed by atoms with E-state index in [0.29, 0.717) is 6.07 Å². The van der Waals surface area contributed by atoms with Crippen molar-refractivity contribution in [3.8, 4) is 0 Å². The first-order valence-electron chi connectivity index (χ1n) is 3.92. The minimum atomic E-state index is -3.42. The van der Waals surface area contributed by atoms with Crippen LogP contribution in [0.25, 0.3) is 6.08 Å². The van der Waals surface area contributed by atoms with Crippen LogP contribution >= 0.6 is 0 Å². The number of halogens is 3. The molecule has 0 aliphatic heterocycles. The number of rotatable bonds is 3. The maximum atomic E-state index is 12.9. The van der Waals surface area contributed by atoms with Crippen LogP contribution in [0, 0.1) is 5.82 Å². The molecule has 0 saturated heterocycles. The first-order chi connectivity index (χ1) is 6.49. The van der Waals surface area contributed by atoms with Gasteiger partial charge in [0.25, 0.3) is 5.92 Å². The molecule has 0 amide bonds. The van der Waals surface area contributed by atoms with Gasteiger partial charge in [-0.05, 0) is 23.8 Å². The minimum absolute atomic E-state index is 0.258. The van der Waals surface area contributed by atoms with Gasteiger partial charge in [0.05, 0.1) is 0 Å². The average Bonchev–Trinajstić information content (AvgIpc) is 2.16. The fourth-order valence-corrected chi connectivity index (χ4v) is 1.03. The summed E-state index contributed by atoms with van der Waals surface area (Å²) in [5.74, 6) is -4.19. The summed E-state index contributed by atoms with van der Waals surface area (Å²) in [7, 11) is 0. The van der Waals surface area contributed by atoms with E-state index in [1.165, 1.54) is 6.08 Å². The van der Waals surface area contributed by atoms with Crippen molar-refractivity contribution in [2.45, 2.75) is 5.92 Å². The SMILES string of the molecule is C=Cc1cc(F)cc(C(F)(F)CO)c1. The summed E-state index contributed by atoms with van der Waals surface area (Å²) < 4.78 is 38.7. The zero-order valence-corrected chi connectivity index (χ0v) is 7.30. The van der Waals surface area contributed by atoms with Crippen LogP contribution in [0.4, 0.5) is 13.2 Å². The molecule has 0 aliphatic carbocycles. The summed E-state index contributed by atoms with van der Waals surface area (Å²) in [5, 5.41) is 8.40. The second kappa shape index (κ2) is 3.84. The maximum absolute atomic E-state index is 12.9. The van der Waals surface area contributed by atoms with Gasteiger partial charge in [-0.2, -0.15) is 8.78 Å². The number of alkyl halides is 2. The van der Waals surface area contributed by atoms with Gasteiger partial charge in [0.2, 0.25) is 0 Å². The number of hydrogen-bond donors (Lipinski definition) is 1. The van der Waals surface area contributed by atoms with Crippen LogP contribution in [-0.4, -0.2) is 11.7 Å². The molecule has 76 valence electrons. The molecule has 4 heteroatoms. The minimum Gasteiger partial charge on any atom is -0.390 e. The molecule has 0 bridgehead atoms. The Balaban J connectivity index is 3.21. The van der Waals surface area contributed by atoms with Crippen LogP contribution in [0.2, 0.25) is 0 Å². The number of benzene rings is 1. The zero-order valence-electron chi connectivity index (χ0n) is 7.30. The van der Waals surface area contributed by atoms with E-state index in [1.54, 1.807) is 0 Å². The molecule has 0 atom stereocenters. The van der Waals surface area contributed by atoms with Crippen molar-refractivity contribution >= 4 is 6.08 Å². The van der Waals surface area contributed by atoms with Crippen molar-refractivity contribution in [2.75, 3.05) is 6.61 Å². The molecule has 0 aromatic heterocycles. The molecule has 1 aromatic rings. The lowest BCUT2D eigenvalue weighted by Crippen LogP contribution is -2.18. The molecule has 0 aliphatic rings. The summed E-state index contributed by atoms with van der Waals surface area (Å²) in [6.07, 6.45) is 1.26. The third-order valence-corrected chi connectivity index (χ3v) is 1.78. The third kappa shape index (κ3) is 2.14. The second-order valence-electron chi connectivity index (χ2n) is 2.84. The van der Waals surface area contributed by atoms with E-state index in [1.807, 2.05) is 0 Å². The Labute approximate surface area is 79.5 Å². The molecule has 0 radical (unpaired) electrons. The van der Waals surface area contributed by atoms with E-state index in [-0.39, 0.29) is 5.56 Å². The highest BCUT2D eigenvalue weighted by molar-refractivity contribution is 5.49. The standard InChI is InChI=1S/C10H9F3O/c1-2-7-3-8(5-9(11)4-7)10(12,13)6-14/h2-5,14H,1,6H2. The van der Waals surface area contributed by atoms with Gasteiger partial charge < -0.3 is 5.11 Å². The molecule has 1 N–H and O–H groups in total. The average molecular weight is 202 g/mol. The fourth-order valence-electron chi connectivity index (χ4n) is 1.03. The van der Waals surface area contributed by atoms with E-state index < -0.39 is 23.9 Å². The van der Waals surface area contributed by atoms with E-state index in [0.717, 1.165) is 12.1 Å². The van der Waals surface area contributed by atoms with Crippen molar-refractivity contribution in [3.63, 3.8) is 0 Å². The van der Waals surface area contributed by atoms with Crippen LogP contribution in [0.3, 0.4) is 0 Å². The first-order valence-corrected chi connectivity index (χ1v) is 3.92. The molecule has 1 rings (SSSR count). The Morgan fingerprint density at radius 2 is 2.00 bits per heavy atom. The molecular formula is C10H9F3O. The highest BCUT2D eigenvalue weighted by Gasteiger charge is 2.31. The van der Waals surface area contributed by atoms with Crippen LogP contribution in [0.5, 0.6) is 0 Å². The number of aliphatic hydroxyl groups is 1. The molecule has 0 heterocycles. The predicted molar refractivity (Wildman–Crippen MR) is 47.5 cm³/mol. The van der Waals surface area contributed by atoms with Gasteiger partial charge in [0, 0.05) is 5.56 Å². The topological polar surface area (TPSA) is 20.2 Å². The first kappa shape index (κ1) is 10.8. The van der Waals surface area contributed by atoms with Crippen LogP contribution in [-0.2, 0) is 5.92 Å². The Hall–Kier alpha value is -1.29. The lowest BCUT2D eigenvalue weighted by atomic mass is 10.1. The quantitative estimate of drug-likeness (QED) is 0.798. The van der Waals surface area contributed by atoms with E-state index >= 15 is 0 Å². The van der Waals surface area contributed by atoms with Gasteiger partial charge in [0.15, 0.2) is 0 Å². The maximum Gasteiger partial charge on any atom is 0.295 e. The van der Waals surface area contributed by atoms with Gasteiger partial charge in [-0.1, -0.05) is 12.7 Å². The molecule has 0 saturated carbocycles. The lowest BCUT2D eigenvalue weighted by molar-refractivity contribution is -0.0558. The third-order valence-electron chi connectivity index (χ3n) is 1.78. The van der Waals surface area contributed by atoms with E-state index in [9.17, 15) is 13.2 Å². The van der Waals surface area contributed by atoms with Gasteiger partial charge in [0.1, 0.15) is 12.4 Å². The van der Waals surface area contributed by atoms with Gasteiger partial charge >= 0.3 is 0 Å². The van der Waals surface area contributed by atoms with E-state index in [4.69, 9.17) is 5.11 Å². The van der Waals surface area contributed by atoms with Crippen molar-refractivity contribution in [1.29, 1.82) is 0 Å². The fraction of sp³-hybridized carbons (Fsp3) is 0.200. The molecule has 1 nitrogen and oxygen atoms in total. The highest BCUT2D eigenvalue weighted by atomic mass is 19.3. The van der Waals surface area contributed by atoms with Crippen molar-refractivity contribution in [1.82, 2.24) is 0 Å². The van der Waals surface area contributed by atoms with E-state index in [2.05, 4.69) is 6.58 Å². The summed E-state index contributed by atoms with van der Waals surface area (Å²) in [6, 6.07) is 2.87. The van der Waals surface area contributed by atoms with Crippen LogP contribution in [0.15, 0.2) is 24.8 Å². The van der Waals surface area contributed by atoms with Crippen molar-refractivity contribution in [2.24, 2.45) is 0 Å². The Kier molecular flexibility index (Phi) is 2.96. The van der Waals surface area contributed by atoms with Gasteiger partial charge in [-0.25, -0.2) is 4.39 Å². The number of hydrogen-bond acceptors (Lipinski definition) is 1. The van der Waals surface area contributed by atoms with Gasteiger partial charge in [-0.3, -0.25) is 0 Å². The highest BCUT2D eigenvalue weighted by Crippen LogP contribution is 2.28. The Morgan fingerprint density at radius 1 is 1.36 bits per heavy atom. The number of aliphatic hydroxyl groups excluding tert-OH is 1. The molecular weight excluding hydrogens is 193 g/mol. The largest absolute Gasteiger partial charge is 0.390 e. The van der Waals surface area contributed by atoms with Crippen LogP contribution < -0.4 is 0 Å². The smallest absolute Gasteiger partial charge is 0.295 e. The van der Waals surface area contributed by atoms with Gasteiger partial charge in [-0.15, -0.1) is 0 Å². The molecule has 14 heavy (non-hydrogen) atoms. The normalized spacial score (nSPS) is 11.4. The summed E-state index contributed by atoms with van der Waals surface area (Å²) in [5.41, 5.74) is -0.289. The summed E-state index contributed by atoms with van der Waals surface area (Å²) >= 11 is 0. The predicted octanol–water partition coefficient (Wildman–Crippen LogP) is 2.55. The Morgan fingerprint density at radius 3 is 2.50 bits per heavy atom. The van der Waals surface area contributed by atoms with Crippen molar-refractivity contribution in [3.05, 3.63) is 41.7 Å².